The molecule has 2 heterocycles. The van der Waals surface area contributed by atoms with Crippen molar-refractivity contribution in [3.8, 4) is 62.7 Å². The largest absolute Gasteiger partial charge is 0.482 e. The first kappa shape index (κ1) is 24.9. The van der Waals surface area contributed by atoms with Gasteiger partial charge in [-0.1, -0.05) is 91.0 Å². The van der Waals surface area contributed by atoms with Crippen molar-refractivity contribution >= 4 is 5.97 Å². The number of benzene rings is 4. The van der Waals surface area contributed by atoms with Gasteiger partial charge in [0.05, 0.1) is 7.11 Å². The molecular weight excluding hydrogens is 504 g/mol. The zero-order chi connectivity index (χ0) is 27.3. The number of oxazole rings is 2. The predicted octanol–water partition coefficient (Wildman–Crippen LogP) is 7.55. The fraction of sp³-hybridized carbons (Fsp3) is 0.0606. The van der Waals surface area contributed by atoms with Gasteiger partial charge in [-0.3, -0.25) is 0 Å². The third kappa shape index (κ3) is 5.13. The van der Waals surface area contributed by atoms with E-state index >= 15 is 0 Å². The van der Waals surface area contributed by atoms with Crippen molar-refractivity contribution in [1.82, 2.24) is 9.97 Å². The Morgan fingerprint density at radius 3 is 1.85 bits per heavy atom. The molecule has 0 saturated heterocycles. The molecule has 0 aliphatic heterocycles. The van der Waals surface area contributed by atoms with Gasteiger partial charge in [0.1, 0.15) is 11.4 Å². The SMILES string of the molecule is COC(=O)COc1cccc(-c2oc(-c3ccccc3)nc2-c2nc(-c3ccccc3)c(-c3ccccc3)o2)c1. The van der Waals surface area contributed by atoms with Gasteiger partial charge in [0.2, 0.25) is 11.8 Å². The van der Waals surface area contributed by atoms with Gasteiger partial charge < -0.3 is 18.3 Å². The molecule has 0 saturated carbocycles. The highest BCUT2D eigenvalue weighted by molar-refractivity contribution is 5.82. The van der Waals surface area contributed by atoms with E-state index < -0.39 is 5.97 Å². The molecule has 0 bridgehead atoms. The van der Waals surface area contributed by atoms with Gasteiger partial charge in [0.15, 0.2) is 23.8 Å². The molecule has 6 rings (SSSR count). The number of hydrogen-bond acceptors (Lipinski definition) is 7. The van der Waals surface area contributed by atoms with Gasteiger partial charge >= 0.3 is 5.97 Å². The number of esters is 1. The fourth-order valence-electron chi connectivity index (χ4n) is 4.29. The van der Waals surface area contributed by atoms with Gasteiger partial charge in [-0.2, -0.15) is 0 Å². The zero-order valence-corrected chi connectivity index (χ0v) is 21.6. The fourth-order valence-corrected chi connectivity index (χ4v) is 4.29. The molecule has 40 heavy (non-hydrogen) atoms. The summed E-state index contributed by atoms with van der Waals surface area (Å²) < 4.78 is 23.1. The molecule has 196 valence electrons. The van der Waals surface area contributed by atoms with Gasteiger partial charge in [-0.25, -0.2) is 14.8 Å². The van der Waals surface area contributed by atoms with Crippen molar-refractivity contribution < 1.29 is 23.1 Å². The van der Waals surface area contributed by atoms with E-state index in [2.05, 4.69) is 4.74 Å². The second-order valence-corrected chi connectivity index (χ2v) is 8.88. The third-order valence-corrected chi connectivity index (χ3v) is 6.24. The van der Waals surface area contributed by atoms with E-state index in [0.717, 1.165) is 16.7 Å². The highest BCUT2D eigenvalue weighted by Crippen LogP contribution is 2.41. The lowest BCUT2D eigenvalue weighted by Crippen LogP contribution is -2.12. The van der Waals surface area contributed by atoms with Crippen LogP contribution in [0.25, 0.3) is 56.9 Å². The maximum absolute atomic E-state index is 11.6. The van der Waals surface area contributed by atoms with Gasteiger partial charge in [-0.05, 0) is 24.3 Å². The van der Waals surface area contributed by atoms with Crippen LogP contribution in [0.5, 0.6) is 5.75 Å². The van der Waals surface area contributed by atoms with Crippen LogP contribution in [0.2, 0.25) is 0 Å². The quantitative estimate of drug-likeness (QED) is 0.189. The molecule has 0 fully saturated rings. The summed E-state index contributed by atoms with van der Waals surface area (Å²) in [4.78, 5) is 21.4. The minimum atomic E-state index is -0.473. The summed E-state index contributed by atoms with van der Waals surface area (Å²) in [6.07, 6.45) is 0. The summed E-state index contributed by atoms with van der Waals surface area (Å²) in [6.45, 7) is -0.209. The Kier molecular flexibility index (Phi) is 6.92. The van der Waals surface area contributed by atoms with Crippen molar-refractivity contribution in [2.75, 3.05) is 13.7 Å². The first-order valence-corrected chi connectivity index (χ1v) is 12.7. The average molecular weight is 529 g/mol. The monoisotopic (exact) mass is 528 g/mol. The summed E-state index contributed by atoms with van der Waals surface area (Å²) in [5.41, 5.74) is 4.46. The van der Waals surface area contributed by atoms with Crippen LogP contribution in [-0.4, -0.2) is 29.7 Å². The minimum Gasteiger partial charge on any atom is -0.482 e. The molecule has 7 nitrogen and oxygen atoms in total. The number of carbonyl (C=O) groups is 1. The maximum atomic E-state index is 11.6. The molecule has 0 radical (unpaired) electrons. The summed E-state index contributed by atoms with van der Waals surface area (Å²) >= 11 is 0. The highest BCUT2D eigenvalue weighted by Gasteiger charge is 2.25. The molecule has 0 N–H and O–H groups in total. The number of hydrogen-bond donors (Lipinski definition) is 0. The molecule has 0 amide bonds. The molecule has 7 heteroatoms. The van der Waals surface area contributed by atoms with Crippen molar-refractivity contribution in [3.05, 3.63) is 115 Å². The number of nitrogens with zero attached hydrogens (tertiary/aromatic N) is 2. The number of ether oxygens (including phenoxy) is 2. The number of methoxy groups -OCH3 is 1. The molecule has 0 atom stereocenters. The van der Waals surface area contributed by atoms with Crippen LogP contribution in [-0.2, 0) is 9.53 Å². The third-order valence-electron chi connectivity index (χ3n) is 6.24. The summed E-state index contributed by atoms with van der Waals surface area (Å²) in [7, 11) is 1.32. The summed E-state index contributed by atoms with van der Waals surface area (Å²) in [6, 6.07) is 36.6. The number of rotatable bonds is 8. The van der Waals surface area contributed by atoms with E-state index in [0.29, 0.717) is 46.0 Å². The molecule has 0 spiro atoms. The van der Waals surface area contributed by atoms with E-state index in [4.69, 9.17) is 23.5 Å². The maximum Gasteiger partial charge on any atom is 0.343 e. The van der Waals surface area contributed by atoms with Crippen molar-refractivity contribution in [2.45, 2.75) is 0 Å². The second kappa shape index (κ2) is 11.1. The predicted molar refractivity (Wildman–Crippen MR) is 151 cm³/mol. The highest BCUT2D eigenvalue weighted by atomic mass is 16.6. The molecular formula is C33H24N2O5. The van der Waals surface area contributed by atoms with E-state index in [-0.39, 0.29) is 6.61 Å². The Balaban J connectivity index is 1.51. The Morgan fingerprint density at radius 2 is 1.18 bits per heavy atom. The van der Waals surface area contributed by atoms with E-state index in [1.54, 1.807) is 12.1 Å². The van der Waals surface area contributed by atoms with Crippen molar-refractivity contribution in [2.24, 2.45) is 0 Å². The molecule has 6 aromatic rings. The van der Waals surface area contributed by atoms with Gasteiger partial charge in [0, 0.05) is 22.3 Å². The van der Waals surface area contributed by atoms with Gasteiger partial charge in [0.25, 0.3) is 0 Å². The lowest BCUT2D eigenvalue weighted by atomic mass is 10.1. The molecule has 0 unspecified atom stereocenters. The van der Waals surface area contributed by atoms with Crippen molar-refractivity contribution in [3.63, 3.8) is 0 Å². The van der Waals surface area contributed by atoms with Crippen LogP contribution in [0.1, 0.15) is 0 Å². The minimum absolute atomic E-state index is 0.209. The Bertz CT molecular complexity index is 1690. The lowest BCUT2D eigenvalue weighted by Gasteiger charge is -2.06. The first-order chi connectivity index (χ1) is 19.7. The van der Waals surface area contributed by atoms with Gasteiger partial charge in [-0.15, -0.1) is 0 Å². The summed E-state index contributed by atoms with van der Waals surface area (Å²) in [5, 5.41) is 0. The lowest BCUT2D eigenvalue weighted by molar-refractivity contribution is -0.142. The molecule has 0 aliphatic carbocycles. The van der Waals surface area contributed by atoms with Crippen LogP contribution < -0.4 is 4.74 Å². The van der Waals surface area contributed by atoms with Crippen LogP contribution in [0, 0.1) is 0 Å². The van der Waals surface area contributed by atoms with Crippen LogP contribution >= 0.6 is 0 Å². The number of carbonyl (C=O) groups excluding carboxylic acids is 1. The Labute approximate surface area is 230 Å². The standard InChI is InChI=1S/C33H24N2O5/c1-37-27(36)21-38-26-19-11-18-25(20-26)31-29(35-32(39-31)24-16-9-4-10-17-24)33-34-28(22-12-5-2-6-13-22)30(40-33)23-14-7-3-8-15-23/h2-20H,21H2,1H3. The van der Waals surface area contributed by atoms with Crippen LogP contribution in [0.15, 0.2) is 124 Å². The molecule has 0 aliphatic rings. The van der Waals surface area contributed by atoms with Crippen LogP contribution in [0.4, 0.5) is 0 Å². The normalized spacial score (nSPS) is 10.8. The second-order valence-electron chi connectivity index (χ2n) is 8.88. The van der Waals surface area contributed by atoms with E-state index in [9.17, 15) is 4.79 Å². The molecule has 2 aromatic heterocycles. The zero-order valence-electron chi connectivity index (χ0n) is 21.6. The van der Waals surface area contributed by atoms with E-state index in [1.807, 2.05) is 103 Å². The van der Waals surface area contributed by atoms with Crippen molar-refractivity contribution in [1.29, 1.82) is 0 Å². The van der Waals surface area contributed by atoms with Crippen LogP contribution in [0.3, 0.4) is 0 Å². The number of aromatic nitrogens is 2. The molecule has 4 aromatic carbocycles. The average Bonchev–Trinajstić information content (AvgIpc) is 3.67. The first-order valence-electron chi connectivity index (χ1n) is 12.7. The van der Waals surface area contributed by atoms with E-state index in [1.165, 1.54) is 7.11 Å². The Morgan fingerprint density at radius 1 is 0.625 bits per heavy atom. The topological polar surface area (TPSA) is 87.6 Å². The Hall–Kier alpha value is -5.43. The summed E-state index contributed by atoms with van der Waals surface area (Å²) in [5.74, 6) is 1.84. The smallest absolute Gasteiger partial charge is 0.343 e.